The molecule has 0 unspecified atom stereocenters. The number of pyridine rings is 1. The zero-order valence-electron chi connectivity index (χ0n) is 11.0. The number of aromatic nitrogens is 1. The van der Waals surface area contributed by atoms with E-state index in [9.17, 15) is 14.9 Å². The van der Waals surface area contributed by atoms with Crippen LogP contribution in [-0.2, 0) is 4.79 Å². The van der Waals surface area contributed by atoms with Gasteiger partial charge in [0.2, 0.25) is 5.91 Å². The summed E-state index contributed by atoms with van der Waals surface area (Å²) >= 11 is 5.76. The molecule has 8 heteroatoms. The second kappa shape index (κ2) is 6.33. The van der Waals surface area contributed by atoms with Crippen LogP contribution in [0.5, 0.6) is 0 Å². The van der Waals surface area contributed by atoms with Crippen LogP contribution in [0.25, 0.3) is 0 Å². The zero-order valence-corrected chi connectivity index (χ0v) is 11.7. The summed E-state index contributed by atoms with van der Waals surface area (Å²) in [6.07, 6.45) is 0. The molecule has 0 aliphatic rings. The summed E-state index contributed by atoms with van der Waals surface area (Å²) < 4.78 is 0. The molecule has 0 fully saturated rings. The van der Waals surface area contributed by atoms with Gasteiger partial charge in [-0.1, -0.05) is 11.6 Å². The van der Waals surface area contributed by atoms with Crippen LogP contribution in [0.2, 0.25) is 5.15 Å². The fourth-order valence-corrected chi connectivity index (χ4v) is 1.60. The number of nitrogens with zero attached hydrogens (tertiary/aromatic N) is 4. The number of amides is 1. The van der Waals surface area contributed by atoms with E-state index >= 15 is 0 Å². The van der Waals surface area contributed by atoms with Gasteiger partial charge in [0.1, 0.15) is 11.0 Å². The molecule has 1 aromatic rings. The number of carbonyl (C=O) groups is 1. The number of likely N-dealkylation sites (N-methyl/N-ethyl adjacent to an activating group) is 2. The lowest BCUT2D eigenvalue weighted by molar-refractivity contribution is -0.384. The maximum atomic E-state index is 11.7. The Balaban J connectivity index is 3.04. The maximum absolute atomic E-state index is 11.7. The van der Waals surface area contributed by atoms with Gasteiger partial charge >= 0.3 is 0 Å². The first kappa shape index (κ1) is 15.2. The SMILES string of the molecule is CCN(CC(=O)N(C)C)c1cc([N+](=O)[O-])cc(Cl)n1. The Hall–Kier alpha value is -1.89. The molecule has 1 rings (SSSR count). The molecule has 1 heterocycles. The third-order valence-corrected chi connectivity index (χ3v) is 2.70. The van der Waals surface area contributed by atoms with Crippen molar-refractivity contribution in [2.75, 3.05) is 32.1 Å². The van der Waals surface area contributed by atoms with E-state index in [1.807, 2.05) is 6.92 Å². The Bertz CT molecular complexity index is 493. The summed E-state index contributed by atoms with van der Waals surface area (Å²) in [7, 11) is 3.29. The first-order valence-electron chi connectivity index (χ1n) is 5.62. The van der Waals surface area contributed by atoms with E-state index < -0.39 is 4.92 Å². The Labute approximate surface area is 115 Å². The first-order chi connectivity index (χ1) is 8.85. The summed E-state index contributed by atoms with van der Waals surface area (Å²) in [5, 5.41) is 10.8. The van der Waals surface area contributed by atoms with Gasteiger partial charge in [-0.15, -0.1) is 0 Å². The largest absolute Gasteiger partial charge is 0.347 e. The van der Waals surface area contributed by atoms with Gasteiger partial charge in [0, 0.05) is 20.6 Å². The van der Waals surface area contributed by atoms with Crippen molar-refractivity contribution in [3.8, 4) is 0 Å². The van der Waals surface area contributed by atoms with Crippen molar-refractivity contribution < 1.29 is 9.72 Å². The highest BCUT2D eigenvalue weighted by Crippen LogP contribution is 2.23. The van der Waals surface area contributed by atoms with Crippen molar-refractivity contribution in [3.63, 3.8) is 0 Å². The molecular formula is C11H15ClN4O3. The molecule has 1 aromatic heterocycles. The average Bonchev–Trinajstić information content (AvgIpc) is 2.34. The lowest BCUT2D eigenvalue weighted by atomic mass is 10.3. The van der Waals surface area contributed by atoms with Crippen molar-refractivity contribution >= 4 is 29.0 Å². The Kier molecular flexibility index (Phi) is 5.05. The fraction of sp³-hybridized carbons (Fsp3) is 0.455. The molecule has 0 aromatic carbocycles. The lowest BCUT2D eigenvalue weighted by Crippen LogP contribution is -2.37. The summed E-state index contributed by atoms with van der Waals surface area (Å²) in [6, 6.07) is 2.48. The van der Waals surface area contributed by atoms with Crippen LogP contribution < -0.4 is 4.90 Å². The highest BCUT2D eigenvalue weighted by atomic mass is 35.5. The van der Waals surface area contributed by atoms with Crippen molar-refractivity contribution in [2.24, 2.45) is 0 Å². The Morgan fingerprint density at radius 2 is 2.11 bits per heavy atom. The minimum Gasteiger partial charge on any atom is -0.347 e. The average molecular weight is 287 g/mol. The van der Waals surface area contributed by atoms with Crippen LogP contribution in [0.3, 0.4) is 0 Å². The predicted octanol–water partition coefficient (Wildman–Crippen LogP) is 1.56. The summed E-state index contributed by atoms with van der Waals surface area (Å²) in [6.45, 7) is 2.41. The van der Waals surface area contributed by atoms with E-state index in [4.69, 9.17) is 11.6 Å². The molecule has 104 valence electrons. The van der Waals surface area contributed by atoms with Gasteiger partial charge in [-0.3, -0.25) is 14.9 Å². The third kappa shape index (κ3) is 4.06. The molecule has 0 aliphatic carbocycles. The van der Waals surface area contributed by atoms with Gasteiger partial charge in [-0.05, 0) is 6.92 Å². The molecule has 0 atom stereocenters. The summed E-state index contributed by atoms with van der Waals surface area (Å²) in [5.74, 6) is 0.197. The number of nitro groups is 1. The lowest BCUT2D eigenvalue weighted by Gasteiger charge is -2.23. The van der Waals surface area contributed by atoms with E-state index in [2.05, 4.69) is 4.98 Å². The van der Waals surface area contributed by atoms with Gasteiger partial charge in [0.25, 0.3) is 5.69 Å². The van der Waals surface area contributed by atoms with Gasteiger partial charge in [-0.2, -0.15) is 0 Å². The van der Waals surface area contributed by atoms with Crippen molar-refractivity contribution in [3.05, 3.63) is 27.4 Å². The Morgan fingerprint density at radius 1 is 1.47 bits per heavy atom. The van der Waals surface area contributed by atoms with Crippen LogP contribution in [-0.4, -0.2) is 47.9 Å². The molecule has 7 nitrogen and oxygen atoms in total. The van der Waals surface area contributed by atoms with Crippen LogP contribution in [0, 0.1) is 10.1 Å². The van der Waals surface area contributed by atoms with Crippen LogP contribution in [0.4, 0.5) is 11.5 Å². The number of hydrogen-bond donors (Lipinski definition) is 0. The van der Waals surface area contributed by atoms with Gasteiger partial charge in [0.05, 0.1) is 23.6 Å². The maximum Gasteiger partial charge on any atom is 0.276 e. The molecule has 0 saturated carbocycles. The van der Waals surface area contributed by atoms with Gasteiger partial charge in [0.15, 0.2) is 0 Å². The van der Waals surface area contributed by atoms with Crippen LogP contribution in [0.15, 0.2) is 12.1 Å². The normalized spacial score (nSPS) is 10.1. The van der Waals surface area contributed by atoms with Crippen molar-refractivity contribution in [2.45, 2.75) is 6.92 Å². The zero-order chi connectivity index (χ0) is 14.6. The number of carbonyl (C=O) groups excluding carboxylic acids is 1. The Morgan fingerprint density at radius 3 is 2.58 bits per heavy atom. The number of rotatable bonds is 5. The topological polar surface area (TPSA) is 79.6 Å². The molecule has 0 saturated heterocycles. The monoisotopic (exact) mass is 286 g/mol. The second-order valence-corrected chi connectivity index (χ2v) is 4.45. The van der Waals surface area contributed by atoms with Crippen LogP contribution in [0.1, 0.15) is 6.92 Å². The molecule has 0 N–H and O–H groups in total. The highest BCUT2D eigenvalue weighted by Gasteiger charge is 2.17. The van der Waals surface area contributed by atoms with Crippen molar-refractivity contribution in [1.29, 1.82) is 0 Å². The molecule has 19 heavy (non-hydrogen) atoms. The quantitative estimate of drug-likeness (QED) is 0.466. The molecular weight excluding hydrogens is 272 g/mol. The highest BCUT2D eigenvalue weighted by molar-refractivity contribution is 6.29. The van der Waals surface area contributed by atoms with E-state index in [0.29, 0.717) is 12.4 Å². The molecule has 0 spiro atoms. The molecule has 1 amide bonds. The second-order valence-electron chi connectivity index (χ2n) is 4.07. The fourth-order valence-electron chi connectivity index (χ4n) is 1.40. The van der Waals surface area contributed by atoms with Gasteiger partial charge in [-0.25, -0.2) is 4.98 Å². The summed E-state index contributed by atoms with van der Waals surface area (Å²) in [5.41, 5.74) is -0.147. The molecule has 0 radical (unpaired) electrons. The number of anilines is 1. The molecule has 0 bridgehead atoms. The first-order valence-corrected chi connectivity index (χ1v) is 6.00. The number of hydrogen-bond acceptors (Lipinski definition) is 5. The van der Waals surface area contributed by atoms with Crippen molar-refractivity contribution in [1.82, 2.24) is 9.88 Å². The molecule has 0 aliphatic heterocycles. The third-order valence-electron chi connectivity index (χ3n) is 2.51. The van der Waals surface area contributed by atoms with Crippen LogP contribution >= 0.6 is 11.6 Å². The van der Waals surface area contributed by atoms with E-state index in [1.54, 1.807) is 19.0 Å². The summed E-state index contributed by atoms with van der Waals surface area (Å²) in [4.78, 5) is 29.0. The smallest absolute Gasteiger partial charge is 0.276 e. The minimum absolute atomic E-state index is 0.0277. The predicted molar refractivity (Wildman–Crippen MR) is 72.5 cm³/mol. The van der Waals surface area contributed by atoms with E-state index in [0.717, 1.165) is 0 Å². The minimum atomic E-state index is -0.543. The van der Waals surface area contributed by atoms with E-state index in [-0.39, 0.29) is 23.3 Å². The van der Waals surface area contributed by atoms with Gasteiger partial charge < -0.3 is 9.80 Å². The van der Waals surface area contributed by atoms with E-state index in [1.165, 1.54) is 17.0 Å². The standard InChI is InChI=1S/C11H15ClN4O3/c1-4-15(7-11(17)14(2)3)10-6-8(16(18)19)5-9(12)13-10/h5-6H,4,7H2,1-3H3. The number of halogens is 1.